The molecule has 0 heterocycles. The van der Waals surface area contributed by atoms with E-state index in [9.17, 15) is 39.1 Å². The summed E-state index contributed by atoms with van der Waals surface area (Å²) in [5.74, 6) is -1.43. The summed E-state index contributed by atoms with van der Waals surface area (Å²) in [7, 11) is -5.09. The van der Waals surface area contributed by atoms with E-state index in [1.807, 2.05) is 0 Å². The largest absolute Gasteiger partial charge is 0.397 e. The zero-order chi connectivity index (χ0) is 18.7. The van der Waals surface area contributed by atoms with Crippen LogP contribution in [0.1, 0.15) is 12.8 Å². The SMILES string of the molecule is O=S(=O)(O)O[C@@H]([C@H](O)[C@H](O)CO)[C@@H](O)CC1C[C@H](O)[C@@H](O)[C@@H]1CO. The maximum Gasteiger partial charge on any atom is 0.397 e. The van der Waals surface area contributed by atoms with E-state index in [2.05, 4.69) is 4.18 Å². The average molecular weight is 376 g/mol. The molecule has 8 atom stereocenters. The molecule has 0 amide bonds. The Bertz CT molecular complexity index is 483. The fourth-order valence-electron chi connectivity index (χ4n) is 2.98. The molecule has 1 aliphatic rings. The van der Waals surface area contributed by atoms with Crippen molar-refractivity contribution in [3.05, 3.63) is 0 Å². The Labute approximate surface area is 138 Å². The van der Waals surface area contributed by atoms with Crippen molar-refractivity contribution < 1.29 is 52.9 Å². The molecule has 0 saturated heterocycles. The van der Waals surface area contributed by atoms with E-state index in [0.717, 1.165) is 0 Å². The molecular formula is C12H24O11S. The topological polar surface area (TPSA) is 205 Å². The van der Waals surface area contributed by atoms with Gasteiger partial charge in [0.05, 0.1) is 24.9 Å². The second-order valence-electron chi connectivity index (χ2n) is 5.93. The van der Waals surface area contributed by atoms with Crippen LogP contribution >= 0.6 is 0 Å². The summed E-state index contributed by atoms with van der Waals surface area (Å²) >= 11 is 0. The van der Waals surface area contributed by atoms with E-state index in [0.29, 0.717) is 0 Å². The molecule has 1 saturated carbocycles. The van der Waals surface area contributed by atoms with E-state index >= 15 is 0 Å². The third-order valence-electron chi connectivity index (χ3n) is 4.27. The Morgan fingerprint density at radius 3 is 2.12 bits per heavy atom. The Kier molecular flexibility index (Phi) is 7.93. The van der Waals surface area contributed by atoms with Crippen LogP contribution in [0.25, 0.3) is 0 Å². The van der Waals surface area contributed by atoms with Gasteiger partial charge in [-0.05, 0) is 18.8 Å². The number of aliphatic hydroxyl groups excluding tert-OH is 7. The van der Waals surface area contributed by atoms with Gasteiger partial charge in [0.2, 0.25) is 0 Å². The van der Waals surface area contributed by atoms with Crippen molar-refractivity contribution in [3.8, 4) is 0 Å². The van der Waals surface area contributed by atoms with Crippen molar-refractivity contribution in [2.24, 2.45) is 11.8 Å². The highest BCUT2D eigenvalue weighted by molar-refractivity contribution is 7.80. The van der Waals surface area contributed by atoms with E-state index in [-0.39, 0.29) is 12.8 Å². The zero-order valence-corrected chi connectivity index (χ0v) is 13.5. The normalized spacial score (nSPS) is 33.2. The van der Waals surface area contributed by atoms with Crippen LogP contribution in [-0.2, 0) is 14.6 Å². The zero-order valence-electron chi connectivity index (χ0n) is 12.7. The van der Waals surface area contributed by atoms with Crippen LogP contribution in [0.4, 0.5) is 0 Å². The average Bonchev–Trinajstić information content (AvgIpc) is 2.76. The predicted octanol–water partition coefficient (Wildman–Crippen LogP) is -4.01. The van der Waals surface area contributed by atoms with Gasteiger partial charge in [-0.25, -0.2) is 4.18 Å². The van der Waals surface area contributed by atoms with E-state index in [4.69, 9.17) is 9.66 Å². The van der Waals surface area contributed by atoms with Gasteiger partial charge >= 0.3 is 10.4 Å². The van der Waals surface area contributed by atoms with Crippen molar-refractivity contribution in [2.45, 2.75) is 49.5 Å². The Balaban J connectivity index is 2.89. The van der Waals surface area contributed by atoms with Gasteiger partial charge in [0.25, 0.3) is 0 Å². The van der Waals surface area contributed by atoms with Gasteiger partial charge in [-0.3, -0.25) is 4.55 Å². The molecule has 1 aliphatic carbocycles. The fraction of sp³-hybridized carbons (Fsp3) is 1.00. The third-order valence-corrected chi connectivity index (χ3v) is 4.73. The monoisotopic (exact) mass is 376 g/mol. The smallest absolute Gasteiger partial charge is 0.396 e. The predicted molar refractivity (Wildman–Crippen MR) is 76.8 cm³/mol. The molecule has 144 valence electrons. The quantitative estimate of drug-likeness (QED) is 0.182. The standard InChI is InChI=1S/C12H24O11S/c13-3-6-5(1-7(15)10(6)18)2-8(16)12(23-24(20,21)22)11(19)9(17)4-14/h5-19H,1-4H2,(H,20,21,22)/t5?,6-,7+,8+,9-,10+,11-,12-/m1/s1. The summed E-state index contributed by atoms with van der Waals surface area (Å²) in [6, 6.07) is 0. The van der Waals surface area contributed by atoms with Gasteiger partial charge in [0.1, 0.15) is 18.3 Å². The maximum atomic E-state index is 10.9. The first kappa shape index (κ1) is 21.6. The van der Waals surface area contributed by atoms with E-state index in [1.165, 1.54) is 0 Å². The molecule has 0 aromatic heterocycles. The van der Waals surface area contributed by atoms with Crippen LogP contribution < -0.4 is 0 Å². The molecular weight excluding hydrogens is 352 g/mol. The lowest BCUT2D eigenvalue weighted by Crippen LogP contribution is -2.49. The second kappa shape index (κ2) is 8.80. The number of rotatable bonds is 9. The minimum atomic E-state index is -5.09. The minimum Gasteiger partial charge on any atom is -0.396 e. The molecule has 0 spiro atoms. The molecule has 1 unspecified atom stereocenters. The van der Waals surface area contributed by atoms with Crippen LogP contribution in [0, 0.1) is 11.8 Å². The van der Waals surface area contributed by atoms with Crippen LogP contribution in [-0.4, -0.2) is 98.6 Å². The summed E-state index contributed by atoms with van der Waals surface area (Å²) < 4.78 is 34.7. The van der Waals surface area contributed by atoms with Crippen molar-refractivity contribution in [1.82, 2.24) is 0 Å². The molecule has 8 N–H and O–H groups in total. The molecule has 0 radical (unpaired) electrons. The van der Waals surface area contributed by atoms with Crippen molar-refractivity contribution in [3.63, 3.8) is 0 Å². The maximum absolute atomic E-state index is 10.9. The number of hydrogen-bond donors (Lipinski definition) is 8. The highest BCUT2D eigenvalue weighted by Crippen LogP contribution is 2.36. The first-order chi connectivity index (χ1) is 11.0. The lowest BCUT2D eigenvalue weighted by molar-refractivity contribution is -0.110. The van der Waals surface area contributed by atoms with Gasteiger partial charge in [-0.15, -0.1) is 0 Å². The molecule has 1 fully saturated rings. The lowest BCUT2D eigenvalue weighted by atomic mass is 9.87. The molecule has 24 heavy (non-hydrogen) atoms. The molecule has 0 aliphatic heterocycles. The summed E-state index contributed by atoms with van der Waals surface area (Å²) in [5, 5.41) is 66.7. The molecule has 12 heteroatoms. The van der Waals surface area contributed by atoms with Crippen molar-refractivity contribution in [2.75, 3.05) is 13.2 Å². The van der Waals surface area contributed by atoms with E-state index < -0.39 is 72.1 Å². The van der Waals surface area contributed by atoms with Gasteiger partial charge in [-0.2, -0.15) is 8.42 Å². The van der Waals surface area contributed by atoms with E-state index in [1.54, 1.807) is 0 Å². The summed E-state index contributed by atoms with van der Waals surface area (Å²) in [6.45, 7) is -1.46. The summed E-state index contributed by atoms with van der Waals surface area (Å²) in [6.07, 6.45) is -10.3. The van der Waals surface area contributed by atoms with Gasteiger partial charge in [0.15, 0.2) is 0 Å². The fourth-order valence-corrected chi connectivity index (χ4v) is 3.50. The number of hydrogen-bond acceptors (Lipinski definition) is 10. The summed E-state index contributed by atoms with van der Waals surface area (Å²) in [4.78, 5) is 0. The van der Waals surface area contributed by atoms with Crippen LogP contribution in [0.2, 0.25) is 0 Å². The Morgan fingerprint density at radius 1 is 1.08 bits per heavy atom. The van der Waals surface area contributed by atoms with Crippen molar-refractivity contribution >= 4 is 10.4 Å². The Morgan fingerprint density at radius 2 is 1.67 bits per heavy atom. The molecule has 1 rings (SSSR count). The minimum absolute atomic E-state index is 0.000692. The van der Waals surface area contributed by atoms with Crippen LogP contribution in [0.15, 0.2) is 0 Å². The highest BCUT2D eigenvalue weighted by atomic mass is 32.3. The lowest BCUT2D eigenvalue weighted by Gasteiger charge is -2.30. The van der Waals surface area contributed by atoms with Gasteiger partial charge in [-0.1, -0.05) is 0 Å². The molecule has 0 aromatic carbocycles. The Hall–Kier alpha value is -0.410. The molecule has 11 nitrogen and oxygen atoms in total. The molecule has 0 bridgehead atoms. The third kappa shape index (κ3) is 5.56. The molecule has 0 aromatic rings. The summed E-state index contributed by atoms with van der Waals surface area (Å²) in [5.41, 5.74) is 0. The van der Waals surface area contributed by atoms with Gasteiger partial charge in [0, 0.05) is 12.5 Å². The number of aliphatic hydroxyl groups is 7. The highest BCUT2D eigenvalue weighted by Gasteiger charge is 2.44. The van der Waals surface area contributed by atoms with Crippen LogP contribution in [0.5, 0.6) is 0 Å². The van der Waals surface area contributed by atoms with Crippen LogP contribution in [0.3, 0.4) is 0 Å². The second-order valence-corrected chi connectivity index (χ2v) is 6.98. The van der Waals surface area contributed by atoms with Gasteiger partial charge < -0.3 is 35.7 Å². The van der Waals surface area contributed by atoms with Crippen molar-refractivity contribution in [1.29, 1.82) is 0 Å². The first-order valence-corrected chi connectivity index (χ1v) is 8.66. The first-order valence-electron chi connectivity index (χ1n) is 7.29.